The Hall–Kier alpha value is -4.22. The van der Waals surface area contributed by atoms with Crippen molar-refractivity contribution in [3.63, 3.8) is 0 Å². The van der Waals surface area contributed by atoms with Gasteiger partial charge >= 0.3 is 6.18 Å². The van der Waals surface area contributed by atoms with Gasteiger partial charge in [0.15, 0.2) is 5.78 Å². The normalized spacial score (nSPS) is 18.3. The number of carbonyl (C=O) groups is 1. The molecule has 0 fully saturated rings. The first-order valence-corrected chi connectivity index (χ1v) is 14.6. The van der Waals surface area contributed by atoms with Gasteiger partial charge in [-0.15, -0.1) is 0 Å². The minimum absolute atomic E-state index is 0.0288. The third kappa shape index (κ3) is 5.69. The maximum Gasteiger partial charge on any atom is 0.418 e. The summed E-state index contributed by atoms with van der Waals surface area (Å²) in [6.45, 7) is 9.77. The number of nitrogens with zero attached hydrogens (tertiary/aromatic N) is 2. The summed E-state index contributed by atoms with van der Waals surface area (Å²) in [5, 5.41) is 11.1. The van der Waals surface area contributed by atoms with Crippen LogP contribution in [0.1, 0.15) is 66.0 Å². The van der Waals surface area contributed by atoms with Crippen molar-refractivity contribution in [1.82, 2.24) is 0 Å². The smallest absolute Gasteiger partial charge is 0.418 e. The number of rotatable bonds is 5. The first-order valence-electron chi connectivity index (χ1n) is 14.2. The number of ketones is 1. The van der Waals surface area contributed by atoms with Gasteiger partial charge in [0, 0.05) is 22.7 Å². The number of halogens is 4. The highest BCUT2D eigenvalue weighted by Crippen LogP contribution is 2.52. The quantitative estimate of drug-likeness (QED) is 0.309. The molecule has 1 aliphatic heterocycles. The molecule has 0 saturated carbocycles. The molecule has 0 radical (unpaired) electrons. The van der Waals surface area contributed by atoms with Gasteiger partial charge in [-0.3, -0.25) is 9.69 Å². The molecule has 9 heteroatoms. The van der Waals surface area contributed by atoms with Gasteiger partial charge in [-0.1, -0.05) is 49.7 Å². The average molecular weight is 620 g/mol. The van der Waals surface area contributed by atoms with Crippen molar-refractivity contribution in [2.75, 3.05) is 4.90 Å². The molecule has 1 heterocycles. The molecule has 1 aliphatic carbocycles. The second-order valence-electron chi connectivity index (χ2n) is 12.3. The molecule has 3 aromatic rings. The summed E-state index contributed by atoms with van der Waals surface area (Å²) in [4.78, 5) is 15.3. The second kappa shape index (κ2) is 11.4. The highest BCUT2D eigenvalue weighted by Gasteiger charge is 2.46. The zero-order chi connectivity index (χ0) is 32.1. The molecule has 0 amide bonds. The lowest BCUT2D eigenvalue weighted by Crippen LogP contribution is -2.42. The SMILES string of the molecule is Cc1cc(C)c(C2C(C#N)=C(N)N(c3ccccc3C(F)(F)F)C3=C2C(=O)CC(C)(C)C3)cc1COc1ccc(Cl)cc1C. The highest BCUT2D eigenvalue weighted by molar-refractivity contribution is 6.30. The number of nitrogens with two attached hydrogens (primary N) is 1. The molecule has 1 atom stereocenters. The molecule has 5 rings (SSSR count). The van der Waals surface area contributed by atoms with Crippen LogP contribution in [0.25, 0.3) is 0 Å². The van der Waals surface area contributed by atoms with E-state index in [1.807, 2.05) is 52.8 Å². The Morgan fingerprint density at radius 3 is 2.41 bits per heavy atom. The van der Waals surface area contributed by atoms with Crippen molar-refractivity contribution < 1.29 is 22.7 Å². The van der Waals surface area contributed by atoms with E-state index in [0.717, 1.165) is 28.3 Å². The number of anilines is 1. The summed E-state index contributed by atoms with van der Waals surface area (Å²) in [7, 11) is 0. The maximum atomic E-state index is 14.2. The molecular weight excluding hydrogens is 587 g/mol. The van der Waals surface area contributed by atoms with Gasteiger partial charge in [0.1, 0.15) is 18.2 Å². The van der Waals surface area contributed by atoms with E-state index in [1.54, 1.807) is 12.1 Å². The largest absolute Gasteiger partial charge is 0.489 e. The van der Waals surface area contributed by atoms with E-state index in [4.69, 9.17) is 22.1 Å². The van der Waals surface area contributed by atoms with Crippen LogP contribution < -0.4 is 15.4 Å². The Kier molecular flexibility index (Phi) is 8.06. The number of allylic oxidation sites excluding steroid dienone is 3. The number of benzene rings is 3. The van der Waals surface area contributed by atoms with Crippen LogP contribution in [0.5, 0.6) is 5.75 Å². The van der Waals surface area contributed by atoms with Gasteiger partial charge in [0.25, 0.3) is 0 Å². The number of aryl methyl sites for hydroxylation is 3. The number of para-hydroxylation sites is 1. The van der Waals surface area contributed by atoms with Crippen LogP contribution in [-0.4, -0.2) is 5.78 Å². The maximum absolute atomic E-state index is 14.2. The van der Waals surface area contributed by atoms with Crippen LogP contribution in [0.15, 0.2) is 77.3 Å². The van der Waals surface area contributed by atoms with Crippen molar-refractivity contribution in [2.24, 2.45) is 11.1 Å². The van der Waals surface area contributed by atoms with E-state index in [-0.39, 0.29) is 35.9 Å². The lowest BCUT2D eigenvalue weighted by atomic mass is 9.68. The third-order valence-corrected chi connectivity index (χ3v) is 8.62. The molecule has 3 aromatic carbocycles. The number of ether oxygens (including phenoxy) is 1. The predicted octanol–water partition coefficient (Wildman–Crippen LogP) is 8.80. The summed E-state index contributed by atoms with van der Waals surface area (Å²) in [6, 6.07) is 16.5. The van der Waals surface area contributed by atoms with Gasteiger partial charge in [-0.2, -0.15) is 18.4 Å². The van der Waals surface area contributed by atoms with Crippen LogP contribution in [0.3, 0.4) is 0 Å². The standard InChI is InChI=1S/C35H33ClF3N3O2/c1-19-12-20(2)24(14-22(19)18-44-30-11-10-23(36)13-21(30)3)31-25(17-40)33(41)42(27-9-7-6-8-26(27)35(37,38)39)28-15-34(4,5)16-29(43)32(28)31/h6-14,31H,15-16,18,41H2,1-5H3. The minimum atomic E-state index is -4.68. The van der Waals surface area contributed by atoms with E-state index in [2.05, 4.69) is 6.07 Å². The molecular formula is C35H33ClF3N3O2. The highest BCUT2D eigenvalue weighted by atomic mass is 35.5. The fraction of sp³-hybridized carbons (Fsp3) is 0.314. The predicted molar refractivity (Wildman–Crippen MR) is 165 cm³/mol. The summed E-state index contributed by atoms with van der Waals surface area (Å²) in [5.41, 5.74) is 9.92. The number of nitriles is 1. The van der Waals surface area contributed by atoms with Crippen molar-refractivity contribution in [3.05, 3.63) is 116 Å². The molecule has 0 saturated heterocycles. The van der Waals surface area contributed by atoms with Gasteiger partial charge in [-0.25, -0.2) is 0 Å². The number of hydrogen-bond donors (Lipinski definition) is 1. The molecule has 1 unspecified atom stereocenters. The first kappa shape index (κ1) is 31.2. The molecule has 2 N–H and O–H groups in total. The molecule has 0 aromatic heterocycles. The molecule has 0 spiro atoms. The molecule has 2 aliphatic rings. The van der Waals surface area contributed by atoms with Gasteiger partial charge in [0.2, 0.25) is 0 Å². The Bertz CT molecular complexity index is 1780. The van der Waals surface area contributed by atoms with E-state index in [0.29, 0.717) is 34.0 Å². The van der Waals surface area contributed by atoms with E-state index in [1.165, 1.54) is 23.1 Å². The minimum Gasteiger partial charge on any atom is -0.489 e. The zero-order valence-corrected chi connectivity index (χ0v) is 26.0. The topological polar surface area (TPSA) is 79.4 Å². The third-order valence-electron chi connectivity index (χ3n) is 8.39. The number of Topliss-reactive ketones (excluding diaryl/α,β-unsaturated/α-hetero) is 1. The number of carbonyl (C=O) groups excluding carboxylic acids is 1. The lowest BCUT2D eigenvalue weighted by Gasteiger charge is -2.44. The Morgan fingerprint density at radius 1 is 1.05 bits per heavy atom. The van der Waals surface area contributed by atoms with Gasteiger partial charge in [0.05, 0.1) is 28.8 Å². The van der Waals surface area contributed by atoms with Crippen LogP contribution in [-0.2, 0) is 17.6 Å². The van der Waals surface area contributed by atoms with Crippen molar-refractivity contribution in [2.45, 2.75) is 66.2 Å². The average Bonchev–Trinajstić information content (AvgIpc) is 2.92. The van der Waals surface area contributed by atoms with Crippen molar-refractivity contribution >= 4 is 23.1 Å². The van der Waals surface area contributed by atoms with E-state index < -0.39 is 23.1 Å². The fourth-order valence-corrected chi connectivity index (χ4v) is 6.54. The number of hydrogen-bond acceptors (Lipinski definition) is 5. The first-order chi connectivity index (χ1) is 20.6. The molecule has 5 nitrogen and oxygen atoms in total. The fourth-order valence-electron chi connectivity index (χ4n) is 6.32. The van der Waals surface area contributed by atoms with E-state index >= 15 is 0 Å². The lowest BCUT2D eigenvalue weighted by molar-refractivity contribution is -0.137. The monoisotopic (exact) mass is 619 g/mol. The Labute approximate surface area is 260 Å². The Morgan fingerprint density at radius 2 is 1.75 bits per heavy atom. The molecule has 0 bridgehead atoms. The van der Waals surface area contributed by atoms with Crippen molar-refractivity contribution in [3.8, 4) is 11.8 Å². The summed E-state index contributed by atoms with van der Waals surface area (Å²) in [5.74, 6) is -0.507. The van der Waals surface area contributed by atoms with Crippen LogP contribution >= 0.6 is 11.6 Å². The van der Waals surface area contributed by atoms with Crippen LogP contribution in [0.4, 0.5) is 18.9 Å². The summed E-state index contributed by atoms with van der Waals surface area (Å²) in [6.07, 6.45) is -4.19. The van der Waals surface area contributed by atoms with Crippen LogP contribution in [0, 0.1) is 37.5 Å². The van der Waals surface area contributed by atoms with Crippen molar-refractivity contribution in [1.29, 1.82) is 5.26 Å². The zero-order valence-electron chi connectivity index (χ0n) is 25.2. The molecule has 44 heavy (non-hydrogen) atoms. The van der Waals surface area contributed by atoms with Crippen LogP contribution in [0.2, 0.25) is 5.02 Å². The summed E-state index contributed by atoms with van der Waals surface area (Å²) < 4.78 is 48.8. The molecule has 228 valence electrons. The second-order valence-corrected chi connectivity index (χ2v) is 12.8. The van der Waals surface area contributed by atoms with E-state index in [9.17, 15) is 23.2 Å². The van der Waals surface area contributed by atoms with Gasteiger partial charge < -0.3 is 10.5 Å². The number of alkyl halides is 3. The summed E-state index contributed by atoms with van der Waals surface area (Å²) >= 11 is 6.10. The Balaban J connectivity index is 1.69. The van der Waals surface area contributed by atoms with Gasteiger partial charge in [-0.05, 0) is 90.8 Å².